The molecule has 2 aromatic rings. The molecule has 0 aliphatic heterocycles. The van der Waals surface area contributed by atoms with Crippen molar-refractivity contribution < 1.29 is 27.4 Å². The van der Waals surface area contributed by atoms with Crippen LogP contribution in [-0.4, -0.2) is 35.5 Å². The quantitative estimate of drug-likeness (QED) is 0.618. The fourth-order valence-corrected chi connectivity index (χ4v) is 1.48. The molecule has 0 unspecified atom stereocenters. The molecule has 5 nitrogen and oxygen atoms in total. The molecule has 0 saturated carbocycles. The van der Waals surface area contributed by atoms with Crippen molar-refractivity contribution >= 4 is 11.8 Å². The van der Waals surface area contributed by atoms with Crippen LogP contribution in [0.5, 0.6) is 5.75 Å². The number of pyridine rings is 1. The Bertz CT molecular complexity index is 580. The van der Waals surface area contributed by atoms with Gasteiger partial charge < -0.3 is 4.74 Å². The highest BCUT2D eigenvalue weighted by Gasteiger charge is 2.28. The van der Waals surface area contributed by atoms with Gasteiger partial charge in [-0.2, -0.15) is 5.10 Å². The zero-order valence-electron chi connectivity index (χ0n) is 9.55. The highest BCUT2D eigenvalue weighted by atomic mass is 19.4. The summed E-state index contributed by atoms with van der Waals surface area (Å²) in [6, 6.07) is 3.13. The van der Waals surface area contributed by atoms with Gasteiger partial charge in [-0.1, -0.05) is 0 Å². The Morgan fingerprint density at radius 1 is 1.32 bits per heavy atom. The number of aromatic nitrogens is 2. The van der Waals surface area contributed by atoms with Crippen LogP contribution in [0, 0.1) is 0 Å². The number of halogens is 3. The summed E-state index contributed by atoms with van der Waals surface area (Å²) >= 11 is 0. The van der Waals surface area contributed by atoms with Crippen molar-refractivity contribution in [1.82, 2.24) is 9.61 Å². The molecule has 8 heteroatoms. The third-order valence-corrected chi connectivity index (χ3v) is 2.26. The largest absolute Gasteiger partial charge is 0.522 e. The predicted octanol–water partition coefficient (Wildman–Crippen LogP) is 2.06. The molecule has 0 bridgehead atoms. The fourth-order valence-electron chi connectivity index (χ4n) is 1.48. The average molecular weight is 274 g/mol. The van der Waals surface area contributed by atoms with E-state index in [0.717, 1.165) is 0 Å². The van der Waals surface area contributed by atoms with Gasteiger partial charge in [0.15, 0.2) is 6.29 Å². The molecule has 0 aliphatic carbocycles. The summed E-state index contributed by atoms with van der Waals surface area (Å²) in [6.45, 7) is -0.840. The second kappa shape index (κ2) is 5.27. The van der Waals surface area contributed by atoms with Crippen LogP contribution in [-0.2, 0) is 4.74 Å². The number of nitrogens with zero attached hydrogens (tertiary/aromatic N) is 2. The molecule has 2 rings (SSSR count). The van der Waals surface area contributed by atoms with Crippen LogP contribution in [0.3, 0.4) is 0 Å². The Balaban J connectivity index is 1.96. The van der Waals surface area contributed by atoms with Gasteiger partial charge in [0.1, 0.15) is 12.4 Å². The molecule has 19 heavy (non-hydrogen) atoms. The minimum atomic E-state index is -4.66. The van der Waals surface area contributed by atoms with Crippen LogP contribution in [0.15, 0.2) is 24.5 Å². The lowest BCUT2D eigenvalue weighted by molar-refractivity contribution is -0.325. The normalized spacial score (nSPS) is 11.7. The van der Waals surface area contributed by atoms with Gasteiger partial charge >= 0.3 is 6.36 Å². The molecular weight excluding hydrogens is 265 g/mol. The van der Waals surface area contributed by atoms with Gasteiger partial charge in [-0.25, -0.2) is 4.52 Å². The van der Waals surface area contributed by atoms with E-state index >= 15 is 0 Å². The Morgan fingerprint density at radius 3 is 2.79 bits per heavy atom. The summed E-state index contributed by atoms with van der Waals surface area (Å²) in [5.74, 6) is 0.332. The number of ether oxygens (including phenoxy) is 2. The maximum atomic E-state index is 11.7. The molecular formula is C11H9F3N2O3. The summed E-state index contributed by atoms with van der Waals surface area (Å²) in [6.07, 6.45) is -1.14. The maximum Gasteiger partial charge on any atom is 0.522 e. The topological polar surface area (TPSA) is 52.8 Å². The number of fused-ring (bicyclic) bond motifs is 1. The number of hydrogen-bond acceptors (Lipinski definition) is 4. The van der Waals surface area contributed by atoms with Crippen LogP contribution in [0.4, 0.5) is 13.2 Å². The second-order valence-corrected chi connectivity index (χ2v) is 3.56. The van der Waals surface area contributed by atoms with E-state index in [1.807, 2.05) is 0 Å². The Kier molecular flexibility index (Phi) is 3.70. The molecule has 0 fully saturated rings. The summed E-state index contributed by atoms with van der Waals surface area (Å²) in [7, 11) is 0. The van der Waals surface area contributed by atoms with E-state index in [4.69, 9.17) is 4.74 Å². The van der Waals surface area contributed by atoms with Crippen molar-refractivity contribution in [2.45, 2.75) is 6.36 Å². The van der Waals surface area contributed by atoms with Gasteiger partial charge in [-0.3, -0.25) is 9.53 Å². The van der Waals surface area contributed by atoms with Crippen LogP contribution < -0.4 is 4.74 Å². The lowest BCUT2D eigenvalue weighted by Gasteiger charge is -2.09. The van der Waals surface area contributed by atoms with Crippen molar-refractivity contribution in [3.05, 3.63) is 30.1 Å². The number of carbonyl (C=O) groups excluding carboxylic acids is 1. The van der Waals surface area contributed by atoms with E-state index in [-0.39, 0.29) is 6.61 Å². The monoisotopic (exact) mass is 274 g/mol. The van der Waals surface area contributed by atoms with E-state index in [9.17, 15) is 18.0 Å². The minimum absolute atomic E-state index is 0.243. The number of rotatable bonds is 5. The van der Waals surface area contributed by atoms with E-state index in [2.05, 4.69) is 9.84 Å². The highest BCUT2D eigenvalue weighted by Crippen LogP contribution is 2.17. The third-order valence-electron chi connectivity index (χ3n) is 2.26. The molecule has 0 aromatic carbocycles. The molecule has 0 aliphatic rings. The molecule has 2 aromatic heterocycles. The van der Waals surface area contributed by atoms with Crippen molar-refractivity contribution in [3.63, 3.8) is 0 Å². The summed E-state index contributed by atoms with van der Waals surface area (Å²) < 4.78 is 45.2. The predicted molar refractivity (Wildman–Crippen MR) is 58.1 cm³/mol. The highest BCUT2D eigenvalue weighted by molar-refractivity contribution is 5.85. The Hall–Kier alpha value is -2.09. The van der Waals surface area contributed by atoms with Gasteiger partial charge in [0.05, 0.1) is 30.1 Å². The first-order valence-electron chi connectivity index (χ1n) is 5.25. The van der Waals surface area contributed by atoms with Gasteiger partial charge in [0.2, 0.25) is 0 Å². The summed E-state index contributed by atoms with van der Waals surface area (Å²) in [5.41, 5.74) is 1.01. The van der Waals surface area contributed by atoms with E-state index in [1.54, 1.807) is 6.07 Å². The van der Waals surface area contributed by atoms with Crippen molar-refractivity contribution in [1.29, 1.82) is 0 Å². The zero-order valence-corrected chi connectivity index (χ0v) is 9.55. The van der Waals surface area contributed by atoms with Crippen molar-refractivity contribution in [3.8, 4) is 5.75 Å². The van der Waals surface area contributed by atoms with E-state index < -0.39 is 13.0 Å². The lowest BCUT2D eigenvalue weighted by atomic mass is 10.3. The van der Waals surface area contributed by atoms with Crippen LogP contribution in [0.25, 0.3) is 5.52 Å². The standard InChI is InChI=1S/C11H9F3N2O3/c12-11(13,14)19-4-3-18-9-1-2-10-8(7-17)5-15-16(10)6-9/h1-2,5-7H,3-4H2. The first-order chi connectivity index (χ1) is 8.99. The number of hydrogen-bond donors (Lipinski definition) is 0. The maximum absolute atomic E-state index is 11.7. The molecule has 0 amide bonds. The first-order valence-corrected chi connectivity index (χ1v) is 5.25. The molecule has 0 atom stereocenters. The van der Waals surface area contributed by atoms with Crippen LogP contribution in [0.1, 0.15) is 10.4 Å². The van der Waals surface area contributed by atoms with Crippen LogP contribution in [0.2, 0.25) is 0 Å². The summed E-state index contributed by atoms with van der Waals surface area (Å²) in [5, 5.41) is 3.91. The molecule has 2 heterocycles. The Morgan fingerprint density at radius 2 is 2.11 bits per heavy atom. The third kappa shape index (κ3) is 3.44. The van der Waals surface area contributed by atoms with E-state index in [0.29, 0.717) is 23.1 Å². The second-order valence-electron chi connectivity index (χ2n) is 3.56. The Labute approximate surface area is 105 Å². The van der Waals surface area contributed by atoms with Gasteiger partial charge in [-0.15, -0.1) is 13.2 Å². The average Bonchev–Trinajstić information content (AvgIpc) is 2.75. The van der Waals surface area contributed by atoms with Gasteiger partial charge in [0, 0.05) is 0 Å². The number of carbonyl (C=O) groups is 1. The van der Waals surface area contributed by atoms with E-state index in [1.165, 1.54) is 23.0 Å². The first kappa shape index (κ1) is 13.3. The number of aldehydes is 1. The van der Waals surface area contributed by atoms with Crippen molar-refractivity contribution in [2.75, 3.05) is 13.2 Å². The lowest BCUT2D eigenvalue weighted by Crippen LogP contribution is -2.18. The smallest absolute Gasteiger partial charge is 0.490 e. The van der Waals surface area contributed by atoms with Gasteiger partial charge in [0.25, 0.3) is 0 Å². The molecule has 0 saturated heterocycles. The van der Waals surface area contributed by atoms with Crippen molar-refractivity contribution in [2.24, 2.45) is 0 Å². The zero-order chi connectivity index (χ0) is 13.9. The molecule has 0 radical (unpaired) electrons. The molecule has 0 N–H and O–H groups in total. The molecule has 102 valence electrons. The number of alkyl halides is 3. The molecule has 0 spiro atoms. The fraction of sp³-hybridized carbons (Fsp3) is 0.273. The summed E-state index contributed by atoms with van der Waals surface area (Å²) in [4.78, 5) is 10.7. The van der Waals surface area contributed by atoms with Gasteiger partial charge in [-0.05, 0) is 12.1 Å². The SMILES string of the molecule is O=Cc1cnn2cc(OCCOC(F)(F)F)ccc12. The minimum Gasteiger partial charge on any atom is -0.490 e. The van der Waals surface area contributed by atoms with Crippen LogP contribution >= 0.6 is 0 Å².